The van der Waals surface area contributed by atoms with Crippen LogP contribution < -0.4 is 0 Å². The van der Waals surface area contributed by atoms with Crippen molar-refractivity contribution >= 4 is 17.0 Å². The van der Waals surface area contributed by atoms with Gasteiger partial charge in [-0.3, -0.25) is 4.40 Å². The molecule has 16 heavy (non-hydrogen) atoms. The molecule has 0 fully saturated rings. The number of hydrogen-bond acceptors (Lipinski definition) is 3. The maximum atomic E-state index is 4.24. The fraction of sp³-hybridized carbons (Fsp3) is 0.167. The van der Waals surface area contributed by atoms with Crippen molar-refractivity contribution < 1.29 is 0 Å². The van der Waals surface area contributed by atoms with E-state index in [1.807, 2.05) is 16.5 Å². The van der Waals surface area contributed by atoms with E-state index in [1.165, 1.54) is 10.4 Å². The van der Waals surface area contributed by atoms with Crippen LogP contribution in [0.5, 0.6) is 0 Å². The third-order valence-corrected chi connectivity index (χ3v) is 3.51. The Morgan fingerprint density at radius 2 is 1.94 bits per heavy atom. The first-order valence-electron chi connectivity index (χ1n) is 5.12. The molecule has 0 bridgehead atoms. The molecule has 0 aliphatic carbocycles. The summed E-state index contributed by atoms with van der Waals surface area (Å²) in [7, 11) is 0. The van der Waals surface area contributed by atoms with Crippen molar-refractivity contribution in [1.82, 2.24) is 14.6 Å². The summed E-state index contributed by atoms with van der Waals surface area (Å²) in [5, 5.41) is 8.41. The molecule has 3 aromatic rings. The van der Waals surface area contributed by atoms with E-state index in [9.17, 15) is 0 Å². The van der Waals surface area contributed by atoms with Crippen LogP contribution >= 0.6 is 11.3 Å². The zero-order valence-corrected chi connectivity index (χ0v) is 9.95. The fourth-order valence-corrected chi connectivity index (χ4v) is 2.57. The van der Waals surface area contributed by atoms with Crippen LogP contribution in [0.3, 0.4) is 0 Å². The van der Waals surface area contributed by atoms with Gasteiger partial charge in [-0.1, -0.05) is 6.07 Å². The second-order valence-electron chi connectivity index (χ2n) is 3.87. The van der Waals surface area contributed by atoms with Gasteiger partial charge in [0.1, 0.15) is 0 Å². The zero-order valence-electron chi connectivity index (χ0n) is 9.14. The van der Waals surface area contributed by atoms with Gasteiger partial charge in [0.2, 0.25) is 0 Å². The van der Waals surface area contributed by atoms with Crippen LogP contribution in [0.25, 0.3) is 16.3 Å². The van der Waals surface area contributed by atoms with E-state index in [2.05, 4.69) is 42.4 Å². The summed E-state index contributed by atoms with van der Waals surface area (Å²) in [6, 6.07) is 8.25. The second kappa shape index (κ2) is 3.42. The first-order chi connectivity index (χ1) is 7.74. The number of pyridine rings is 1. The molecule has 3 rings (SSSR count). The molecule has 3 aromatic heterocycles. The topological polar surface area (TPSA) is 30.2 Å². The highest BCUT2D eigenvalue weighted by Gasteiger charge is 2.09. The van der Waals surface area contributed by atoms with Crippen molar-refractivity contribution in [3.63, 3.8) is 0 Å². The van der Waals surface area contributed by atoms with Gasteiger partial charge in [0, 0.05) is 11.1 Å². The van der Waals surface area contributed by atoms with Crippen molar-refractivity contribution in [2.45, 2.75) is 13.8 Å². The number of aromatic nitrogens is 3. The van der Waals surface area contributed by atoms with Crippen LogP contribution in [0.15, 0.2) is 30.5 Å². The van der Waals surface area contributed by atoms with E-state index in [0.29, 0.717) is 0 Å². The molecule has 0 saturated heterocycles. The molecule has 0 aliphatic heterocycles. The molecule has 0 spiro atoms. The fourth-order valence-electron chi connectivity index (χ4n) is 1.72. The Bertz CT molecular complexity index is 651. The molecule has 0 aliphatic rings. The monoisotopic (exact) mass is 229 g/mol. The van der Waals surface area contributed by atoms with Crippen LogP contribution in [-0.4, -0.2) is 14.6 Å². The van der Waals surface area contributed by atoms with Crippen LogP contribution in [-0.2, 0) is 0 Å². The van der Waals surface area contributed by atoms with Gasteiger partial charge in [0.05, 0.1) is 4.88 Å². The largest absolute Gasteiger partial charge is 0.281 e. The maximum Gasteiger partial charge on any atom is 0.178 e. The van der Waals surface area contributed by atoms with Gasteiger partial charge in [-0.05, 0) is 37.6 Å². The van der Waals surface area contributed by atoms with Gasteiger partial charge in [-0.15, -0.1) is 21.5 Å². The van der Waals surface area contributed by atoms with Gasteiger partial charge in [0.25, 0.3) is 0 Å². The van der Waals surface area contributed by atoms with E-state index >= 15 is 0 Å². The summed E-state index contributed by atoms with van der Waals surface area (Å²) in [6.45, 7) is 4.17. The van der Waals surface area contributed by atoms with Gasteiger partial charge in [-0.25, -0.2) is 0 Å². The van der Waals surface area contributed by atoms with Gasteiger partial charge < -0.3 is 0 Å². The summed E-state index contributed by atoms with van der Waals surface area (Å²) in [5.74, 6) is 0.928. The molecule has 0 radical (unpaired) electrons. The Labute approximate surface area is 97.4 Å². The summed E-state index contributed by atoms with van der Waals surface area (Å²) < 4.78 is 2.04. The van der Waals surface area contributed by atoms with Crippen LogP contribution in [0.2, 0.25) is 0 Å². The highest BCUT2D eigenvalue weighted by molar-refractivity contribution is 7.15. The van der Waals surface area contributed by atoms with Crippen LogP contribution in [0.1, 0.15) is 10.4 Å². The van der Waals surface area contributed by atoms with Crippen LogP contribution in [0.4, 0.5) is 0 Å². The third-order valence-electron chi connectivity index (χ3n) is 2.51. The molecule has 4 heteroatoms. The Morgan fingerprint density at radius 1 is 1.06 bits per heavy atom. The molecule has 0 atom stereocenters. The van der Waals surface area contributed by atoms with E-state index < -0.39 is 0 Å². The molecule has 0 N–H and O–H groups in total. The summed E-state index contributed by atoms with van der Waals surface area (Å²) in [6.07, 6.45) is 2.07. The van der Waals surface area contributed by atoms with E-state index in [-0.39, 0.29) is 0 Å². The minimum Gasteiger partial charge on any atom is -0.281 e. The molecule has 3 nitrogen and oxygen atoms in total. The number of aryl methyl sites for hydroxylation is 2. The molecule has 0 aromatic carbocycles. The summed E-state index contributed by atoms with van der Waals surface area (Å²) in [4.78, 5) is 2.45. The number of hydrogen-bond donors (Lipinski definition) is 0. The first-order valence-corrected chi connectivity index (χ1v) is 5.94. The average Bonchev–Trinajstić information content (AvgIpc) is 2.83. The van der Waals surface area contributed by atoms with Crippen molar-refractivity contribution in [1.29, 1.82) is 0 Å². The molecule has 80 valence electrons. The minimum absolute atomic E-state index is 0.895. The maximum absolute atomic E-state index is 4.24. The predicted molar refractivity (Wildman–Crippen MR) is 65.8 cm³/mol. The Kier molecular flexibility index (Phi) is 2.04. The zero-order chi connectivity index (χ0) is 11.1. The van der Waals surface area contributed by atoms with Crippen molar-refractivity contribution in [2.24, 2.45) is 0 Å². The first kappa shape index (κ1) is 9.54. The third kappa shape index (κ3) is 1.42. The SMILES string of the molecule is Cc1ccc2nnc(-c3ccc(C)s3)n2c1. The molecule has 0 unspecified atom stereocenters. The van der Waals surface area contributed by atoms with E-state index in [1.54, 1.807) is 11.3 Å². The number of nitrogens with zero attached hydrogens (tertiary/aromatic N) is 3. The standard InChI is InChI=1S/C12H11N3S/c1-8-3-6-11-13-14-12(15(11)7-8)10-5-4-9(2)16-10/h3-7H,1-2H3. The van der Waals surface area contributed by atoms with Crippen molar-refractivity contribution in [3.05, 3.63) is 40.9 Å². The molecule has 0 saturated carbocycles. The summed E-state index contributed by atoms with van der Waals surface area (Å²) >= 11 is 1.74. The number of fused-ring (bicyclic) bond motifs is 1. The lowest BCUT2D eigenvalue weighted by Gasteiger charge is -1.98. The van der Waals surface area contributed by atoms with Gasteiger partial charge in [0.15, 0.2) is 11.5 Å². The predicted octanol–water partition coefficient (Wildman–Crippen LogP) is 3.07. The molecule has 0 amide bonds. The Morgan fingerprint density at radius 3 is 2.69 bits per heavy atom. The highest BCUT2D eigenvalue weighted by atomic mass is 32.1. The lowest BCUT2D eigenvalue weighted by molar-refractivity contribution is 1.11. The lowest BCUT2D eigenvalue weighted by Crippen LogP contribution is -1.88. The van der Waals surface area contributed by atoms with Crippen LogP contribution in [0, 0.1) is 13.8 Å². The quantitative estimate of drug-likeness (QED) is 0.642. The van der Waals surface area contributed by atoms with Gasteiger partial charge in [-0.2, -0.15) is 0 Å². The number of thiophene rings is 1. The molecule has 3 heterocycles. The minimum atomic E-state index is 0.895. The van der Waals surface area contributed by atoms with E-state index in [0.717, 1.165) is 16.3 Å². The van der Waals surface area contributed by atoms with E-state index in [4.69, 9.17) is 0 Å². The van der Waals surface area contributed by atoms with Gasteiger partial charge >= 0.3 is 0 Å². The average molecular weight is 229 g/mol. The number of rotatable bonds is 1. The van der Waals surface area contributed by atoms with Crippen molar-refractivity contribution in [2.75, 3.05) is 0 Å². The lowest BCUT2D eigenvalue weighted by atomic mass is 10.3. The second-order valence-corrected chi connectivity index (χ2v) is 5.16. The Hall–Kier alpha value is -1.68. The Balaban J connectivity index is 2.27. The highest BCUT2D eigenvalue weighted by Crippen LogP contribution is 2.26. The normalized spacial score (nSPS) is 11.1. The molecular formula is C12H11N3S. The smallest absolute Gasteiger partial charge is 0.178 e. The summed E-state index contributed by atoms with van der Waals surface area (Å²) in [5.41, 5.74) is 2.11. The molecular weight excluding hydrogens is 218 g/mol. The van der Waals surface area contributed by atoms with Crippen molar-refractivity contribution in [3.8, 4) is 10.7 Å².